The fourth-order valence-corrected chi connectivity index (χ4v) is 1.34. The fraction of sp³-hybridized carbons (Fsp3) is 0.125. The summed E-state index contributed by atoms with van der Waals surface area (Å²) in [6.45, 7) is 0. The van der Waals surface area contributed by atoms with Gasteiger partial charge in [0.2, 0.25) is 0 Å². The van der Waals surface area contributed by atoms with Gasteiger partial charge < -0.3 is 0 Å². The molecule has 0 fully saturated rings. The first-order valence-electron chi connectivity index (χ1n) is 3.17. The molecular weight excluding hydrogens is 221 g/mol. The molecule has 12 heavy (non-hydrogen) atoms. The van der Waals surface area contributed by atoms with Crippen LogP contribution in [0.25, 0.3) is 0 Å². The van der Waals surface area contributed by atoms with Crippen molar-refractivity contribution in [1.82, 2.24) is 0 Å². The molecule has 0 atom stereocenters. The lowest BCUT2D eigenvalue weighted by Gasteiger charge is -2.01. The third kappa shape index (κ3) is 3.18. The van der Waals surface area contributed by atoms with Crippen LogP contribution < -0.4 is 0 Å². The number of hydrogen-bond acceptors (Lipinski definition) is 0. The fourth-order valence-electron chi connectivity index (χ4n) is 0.817. The van der Waals surface area contributed by atoms with E-state index in [1.54, 1.807) is 6.07 Å². The minimum absolute atomic E-state index is 0.329. The third-order valence-electron chi connectivity index (χ3n) is 1.20. The van der Waals surface area contributed by atoms with E-state index < -0.39 is 10.7 Å². The summed E-state index contributed by atoms with van der Waals surface area (Å²) in [5.74, 6) is -0.400. The van der Waals surface area contributed by atoms with Crippen LogP contribution in [0.4, 0.5) is 4.39 Å². The van der Waals surface area contributed by atoms with E-state index in [-0.39, 0.29) is 0 Å². The zero-order valence-electron chi connectivity index (χ0n) is 5.90. The van der Waals surface area contributed by atoms with Gasteiger partial charge in [-0.05, 0) is 23.8 Å². The average Bonchev–Trinajstić information content (AvgIpc) is 1.81. The minimum atomic E-state index is -0.650. The molecule has 0 aromatic heterocycles. The van der Waals surface area contributed by atoms with Crippen LogP contribution >= 0.6 is 34.8 Å². The predicted octanol–water partition coefficient (Wildman–Crippen LogP) is 3.84. The Morgan fingerprint density at radius 3 is 2.42 bits per heavy atom. The van der Waals surface area contributed by atoms with Crippen molar-refractivity contribution in [2.24, 2.45) is 0 Å². The van der Waals surface area contributed by atoms with Crippen LogP contribution in [0.2, 0.25) is 5.02 Å². The lowest BCUT2D eigenvalue weighted by Crippen LogP contribution is -1.91. The Balaban J connectivity index is 2.85. The van der Waals surface area contributed by atoms with Gasteiger partial charge in [-0.25, -0.2) is 4.39 Å². The van der Waals surface area contributed by atoms with Gasteiger partial charge in [-0.2, -0.15) is 0 Å². The second-order valence-electron chi connectivity index (χ2n) is 2.20. The average molecular weight is 226 g/mol. The normalized spacial score (nSPS) is 10.8. The third-order valence-corrected chi connectivity index (χ3v) is 1.67. The van der Waals surface area contributed by atoms with Crippen molar-refractivity contribution in [2.75, 3.05) is 0 Å². The van der Waals surface area contributed by atoms with E-state index in [9.17, 15) is 4.39 Å². The predicted molar refractivity (Wildman–Crippen MR) is 50.3 cm³/mol. The van der Waals surface area contributed by atoms with Crippen molar-refractivity contribution in [2.45, 2.75) is 4.84 Å². The van der Waals surface area contributed by atoms with Crippen molar-refractivity contribution in [1.29, 1.82) is 0 Å². The molecular formula is C8H5Cl3F. The molecule has 4 heteroatoms. The Labute approximate surface area is 85.2 Å². The van der Waals surface area contributed by atoms with Gasteiger partial charge in [0.1, 0.15) is 10.7 Å². The summed E-state index contributed by atoms with van der Waals surface area (Å²) in [6, 6.07) is 4.11. The topological polar surface area (TPSA) is 0 Å². The maximum Gasteiger partial charge on any atom is 0.124 e. The van der Waals surface area contributed by atoms with Gasteiger partial charge in [0, 0.05) is 11.4 Å². The molecule has 0 spiro atoms. The van der Waals surface area contributed by atoms with Gasteiger partial charge in [-0.15, -0.1) is 23.2 Å². The highest BCUT2D eigenvalue weighted by atomic mass is 35.5. The number of alkyl halides is 2. The first kappa shape index (κ1) is 10.1. The van der Waals surface area contributed by atoms with E-state index in [1.165, 1.54) is 18.6 Å². The Kier molecular flexibility index (Phi) is 3.63. The van der Waals surface area contributed by atoms with E-state index in [0.29, 0.717) is 10.6 Å². The van der Waals surface area contributed by atoms with Gasteiger partial charge in [-0.3, -0.25) is 0 Å². The second kappa shape index (κ2) is 4.31. The molecule has 0 amide bonds. The molecule has 0 heterocycles. The van der Waals surface area contributed by atoms with Crippen molar-refractivity contribution >= 4 is 34.8 Å². The first-order valence-corrected chi connectivity index (χ1v) is 4.42. The number of benzene rings is 1. The molecule has 0 saturated carbocycles. The maximum atomic E-state index is 12.7. The smallest absolute Gasteiger partial charge is 0.124 e. The van der Waals surface area contributed by atoms with Crippen LogP contribution in [0.15, 0.2) is 18.2 Å². The largest absolute Gasteiger partial charge is 0.207 e. The van der Waals surface area contributed by atoms with Gasteiger partial charge in [0.15, 0.2) is 0 Å². The molecule has 0 saturated heterocycles. The Bertz CT molecular complexity index is 253. The van der Waals surface area contributed by atoms with Crippen LogP contribution in [-0.2, 0) is 0 Å². The lowest BCUT2D eigenvalue weighted by atomic mass is 10.2. The van der Waals surface area contributed by atoms with Crippen LogP contribution in [0, 0.1) is 12.2 Å². The van der Waals surface area contributed by atoms with E-state index in [0.717, 1.165) is 0 Å². The van der Waals surface area contributed by atoms with Gasteiger partial charge >= 0.3 is 0 Å². The summed E-state index contributed by atoms with van der Waals surface area (Å²) in [6.07, 6.45) is 1.50. The van der Waals surface area contributed by atoms with E-state index >= 15 is 0 Å². The van der Waals surface area contributed by atoms with E-state index in [1.807, 2.05) is 0 Å². The molecule has 65 valence electrons. The summed E-state index contributed by atoms with van der Waals surface area (Å²) >= 11 is 16.5. The SMILES string of the molecule is Fc1cc(Cl)cc([CH]C(Cl)Cl)c1. The summed E-state index contributed by atoms with van der Waals surface area (Å²) < 4.78 is 12.7. The lowest BCUT2D eigenvalue weighted by molar-refractivity contribution is 0.627. The van der Waals surface area contributed by atoms with Crippen LogP contribution in [0.5, 0.6) is 0 Å². The first-order chi connectivity index (χ1) is 5.58. The molecule has 0 aliphatic carbocycles. The Morgan fingerprint density at radius 1 is 1.25 bits per heavy atom. The molecule has 0 bridgehead atoms. The zero-order chi connectivity index (χ0) is 9.14. The maximum absolute atomic E-state index is 12.7. The van der Waals surface area contributed by atoms with Crippen molar-refractivity contribution in [3.8, 4) is 0 Å². The molecule has 0 aliphatic rings. The summed E-state index contributed by atoms with van der Waals surface area (Å²) in [7, 11) is 0. The highest BCUT2D eigenvalue weighted by Crippen LogP contribution is 2.19. The van der Waals surface area contributed by atoms with Crippen LogP contribution in [0.1, 0.15) is 5.56 Å². The van der Waals surface area contributed by atoms with Gasteiger partial charge in [0.25, 0.3) is 0 Å². The summed E-state index contributed by atoms with van der Waals surface area (Å²) in [5, 5.41) is 0.329. The molecule has 0 unspecified atom stereocenters. The Morgan fingerprint density at radius 2 is 1.92 bits per heavy atom. The van der Waals surface area contributed by atoms with Crippen molar-refractivity contribution in [3.63, 3.8) is 0 Å². The standard InChI is InChI=1S/C8H5Cl3F/c9-6-1-5(3-8(10)11)2-7(12)4-6/h1-4,8H. The number of hydrogen-bond donors (Lipinski definition) is 0. The van der Waals surface area contributed by atoms with Gasteiger partial charge in [0.05, 0.1) is 0 Å². The minimum Gasteiger partial charge on any atom is -0.207 e. The second-order valence-corrected chi connectivity index (χ2v) is 3.80. The molecule has 1 aromatic carbocycles. The highest BCUT2D eigenvalue weighted by Gasteiger charge is 2.04. The molecule has 1 radical (unpaired) electrons. The van der Waals surface area contributed by atoms with Gasteiger partial charge in [-0.1, -0.05) is 11.6 Å². The number of halogens is 4. The molecule has 1 rings (SSSR count). The molecule has 0 aliphatic heterocycles. The van der Waals surface area contributed by atoms with Crippen molar-refractivity contribution < 1.29 is 4.39 Å². The highest BCUT2D eigenvalue weighted by molar-refractivity contribution is 6.45. The zero-order valence-corrected chi connectivity index (χ0v) is 8.17. The molecule has 0 nitrogen and oxygen atoms in total. The molecule has 0 N–H and O–H groups in total. The monoisotopic (exact) mass is 225 g/mol. The van der Waals surface area contributed by atoms with Crippen LogP contribution in [0.3, 0.4) is 0 Å². The number of rotatable bonds is 2. The summed E-state index contributed by atoms with van der Waals surface area (Å²) in [5.41, 5.74) is 0.579. The quantitative estimate of drug-likeness (QED) is 0.672. The van der Waals surface area contributed by atoms with Crippen molar-refractivity contribution in [3.05, 3.63) is 41.0 Å². The van der Waals surface area contributed by atoms with E-state index in [2.05, 4.69) is 0 Å². The van der Waals surface area contributed by atoms with E-state index in [4.69, 9.17) is 34.8 Å². The summed E-state index contributed by atoms with van der Waals surface area (Å²) in [4.78, 5) is -0.650. The Hall–Kier alpha value is 0.0200. The molecule has 1 aromatic rings. The van der Waals surface area contributed by atoms with Crippen LogP contribution in [-0.4, -0.2) is 4.84 Å².